The Morgan fingerprint density at radius 3 is 2.96 bits per heavy atom. The van der Waals surface area contributed by atoms with Crippen LogP contribution in [0.3, 0.4) is 0 Å². The van der Waals surface area contributed by atoms with Crippen LogP contribution in [0.4, 0.5) is 5.82 Å². The fourth-order valence-corrected chi connectivity index (χ4v) is 3.64. The Balaban J connectivity index is 1.81. The molecule has 9 heteroatoms. The van der Waals surface area contributed by atoms with Crippen LogP contribution in [-0.2, 0) is 13.1 Å². The van der Waals surface area contributed by atoms with E-state index in [9.17, 15) is 5.11 Å². The Labute approximate surface area is 144 Å². The van der Waals surface area contributed by atoms with E-state index in [1.54, 1.807) is 6.20 Å². The number of fused-ring (bicyclic) bond motifs is 1. The van der Waals surface area contributed by atoms with E-state index in [1.807, 2.05) is 13.1 Å². The van der Waals surface area contributed by atoms with Gasteiger partial charge in [-0.05, 0) is 36.6 Å². The maximum absolute atomic E-state index is 9.57. The maximum Gasteiger partial charge on any atom is 0.199 e. The van der Waals surface area contributed by atoms with Crippen LogP contribution in [-0.4, -0.2) is 54.0 Å². The highest BCUT2D eigenvalue weighted by molar-refractivity contribution is 5.83. The number of nitrogens with two attached hydrogens (primary N) is 1. The Kier molecular flexibility index (Phi) is 4.10. The molecule has 1 atom stereocenters. The van der Waals surface area contributed by atoms with Crippen molar-refractivity contribution in [2.45, 2.75) is 38.9 Å². The van der Waals surface area contributed by atoms with E-state index in [0.717, 1.165) is 42.5 Å². The predicted octanol–water partition coefficient (Wildman–Crippen LogP) is 1.04. The number of nitrogens with zero attached hydrogens (tertiary/aromatic N) is 6. The summed E-state index contributed by atoms with van der Waals surface area (Å²) in [6.07, 6.45) is 5.75. The highest BCUT2D eigenvalue weighted by Gasteiger charge is 2.26. The average molecular weight is 343 g/mol. The maximum atomic E-state index is 9.57. The molecular formula is C16H21N7O2. The number of pyridine rings is 1. The molecule has 132 valence electrons. The second kappa shape index (κ2) is 6.41. The summed E-state index contributed by atoms with van der Waals surface area (Å²) < 4.78 is 6.79. The monoisotopic (exact) mass is 343 g/mol. The van der Waals surface area contributed by atoms with Crippen molar-refractivity contribution in [2.75, 3.05) is 18.9 Å². The van der Waals surface area contributed by atoms with Crippen molar-refractivity contribution in [1.82, 2.24) is 29.7 Å². The fourth-order valence-electron chi connectivity index (χ4n) is 3.64. The van der Waals surface area contributed by atoms with Crippen molar-refractivity contribution in [3.05, 3.63) is 18.0 Å². The Hall–Kier alpha value is -2.52. The first-order chi connectivity index (χ1) is 12.2. The Morgan fingerprint density at radius 1 is 1.36 bits per heavy atom. The van der Waals surface area contributed by atoms with E-state index < -0.39 is 0 Å². The van der Waals surface area contributed by atoms with E-state index >= 15 is 0 Å². The number of aliphatic hydroxyl groups is 1. The van der Waals surface area contributed by atoms with E-state index in [2.05, 4.69) is 29.7 Å². The summed E-state index contributed by atoms with van der Waals surface area (Å²) in [6, 6.07) is 0.211. The fraction of sp³-hybridized carbons (Fsp3) is 0.500. The number of aromatic nitrogens is 5. The zero-order valence-electron chi connectivity index (χ0n) is 14.1. The lowest BCUT2D eigenvalue weighted by atomic mass is 10.2. The normalized spacial score (nSPS) is 18.4. The first-order valence-electron chi connectivity index (χ1n) is 8.49. The van der Waals surface area contributed by atoms with Gasteiger partial charge in [-0.1, -0.05) is 0 Å². The van der Waals surface area contributed by atoms with Gasteiger partial charge in [0.15, 0.2) is 17.3 Å². The second-order valence-corrected chi connectivity index (χ2v) is 6.29. The number of hydrogen-bond acceptors (Lipinski definition) is 8. The summed E-state index contributed by atoms with van der Waals surface area (Å²) in [4.78, 5) is 11.3. The molecule has 0 aromatic carbocycles. The lowest BCUT2D eigenvalue weighted by molar-refractivity contribution is 0.154. The summed E-state index contributed by atoms with van der Waals surface area (Å²) in [5, 5.41) is 17.1. The SMILES string of the molecule is CCn1c(-c2nonc2N)nc2cncc(CN3CCCC3CO)c21. The lowest BCUT2D eigenvalue weighted by Gasteiger charge is -2.23. The summed E-state index contributed by atoms with van der Waals surface area (Å²) >= 11 is 0. The van der Waals surface area contributed by atoms with Gasteiger partial charge < -0.3 is 15.4 Å². The van der Waals surface area contributed by atoms with Crippen LogP contribution >= 0.6 is 0 Å². The van der Waals surface area contributed by atoms with Gasteiger partial charge in [-0.2, -0.15) is 0 Å². The quantitative estimate of drug-likeness (QED) is 0.705. The van der Waals surface area contributed by atoms with E-state index in [1.165, 1.54) is 0 Å². The van der Waals surface area contributed by atoms with Gasteiger partial charge in [0.2, 0.25) is 0 Å². The molecule has 25 heavy (non-hydrogen) atoms. The number of imidazole rings is 1. The highest BCUT2D eigenvalue weighted by atomic mass is 16.6. The van der Waals surface area contributed by atoms with Crippen LogP contribution in [0, 0.1) is 0 Å². The predicted molar refractivity (Wildman–Crippen MR) is 91.4 cm³/mol. The van der Waals surface area contributed by atoms with Crippen LogP contribution in [0.5, 0.6) is 0 Å². The van der Waals surface area contributed by atoms with Crippen LogP contribution in [0.2, 0.25) is 0 Å². The van der Waals surface area contributed by atoms with Crippen molar-refractivity contribution in [1.29, 1.82) is 0 Å². The number of likely N-dealkylation sites (tertiary alicyclic amines) is 1. The number of nitrogen functional groups attached to an aromatic ring is 1. The van der Waals surface area contributed by atoms with Crippen molar-refractivity contribution >= 4 is 16.9 Å². The molecule has 1 saturated heterocycles. The topological polar surface area (TPSA) is 119 Å². The summed E-state index contributed by atoms with van der Waals surface area (Å²) in [5.41, 5.74) is 9.17. The summed E-state index contributed by atoms with van der Waals surface area (Å²) in [6.45, 7) is 4.65. The molecule has 0 aliphatic carbocycles. The summed E-state index contributed by atoms with van der Waals surface area (Å²) in [5.74, 6) is 0.852. The molecule has 0 saturated carbocycles. The first kappa shape index (κ1) is 16.0. The molecule has 1 unspecified atom stereocenters. The van der Waals surface area contributed by atoms with E-state index in [-0.39, 0.29) is 18.5 Å². The van der Waals surface area contributed by atoms with Gasteiger partial charge in [0, 0.05) is 30.9 Å². The molecule has 0 radical (unpaired) electrons. The van der Waals surface area contributed by atoms with Crippen LogP contribution in [0.15, 0.2) is 17.0 Å². The number of aryl methyl sites for hydroxylation is 1. The molecule has 0 amide bonds. The van der Waals surface area contributed by atoms with Crippen molar-refractivity contribution in [3.8, 4) is 11.5 Å². The van der Waals surface area contributed by atoms with Gasteiger partial charge in [-0.15, -0.1) is 0 Å². The van der Waals surface area contributed by atoms with Crippen molar-refractivity contribution in [3.63, 3.8) is 0 Å². The molecule has 0 spiro atoms. The Bertz CT molecular complexity index is 888. The number of hydrogen-bond donors (Lipinski definition) is 2. The third kappa shape index (κ3) is 2.65. The van der Waals surface area contributed by atoms with Gasteiger partial charge in [0.1, 0.15) is 5.52 Å². The minimum Gasteiger partial charge on any atom is -0.395 e. The number of anilines is 1. The number of aliphatic hydroxyl groups excluding tert-OH is 1. The smallest absolute Gasteiger partial charge is 0.199 e. The second-order valence-electron chi connectivity index (χ2n) is 6.29. The van der Waals surface area contributed by atoms with Crippen LogP contribution < -0.4 is 5.73 Å². The van der Waals surface area contributed by atoms with Gasteiger partial charge in [-0.25, -0.2) is 9.61 Å². The minimum atomic E-state index is 0.183. The van der Waals surface area contributed by atoms with Crippen molar-refractivity contribution < 1.29 is 9.74 Å². The molecule has 1 fully saturated rings. The average Bonchev–Trinajstić information content (AvgIpc) is 3.32. The molecule has 4 rings (SSSR count). The standard InChI is InChI=1S/C16H21N7O2/c1-2-23-14-10(8-22-5-3-4-11(22)9-24)6-18-7-12(14)19-16(23)13-15(17)21-25-20-13/h6-7,11,24H,2-5,8-9H2,1H3,(H2,17,21). The zero-order chi connectivity index (χ0) is 17.4. The van der Waals surface area contributed by atoms with Gasteiger partial charge in [-0.3, -0.25) is 9.88 Å². The molecule has 0 bridgehead atoms. The molecule has 3 aromatic rings. The van der Waals surface area contributed by atoms with Crippen LogP contribution in [0.1, 0.15) is 25.3 Å². The Morgan fingerprint density at radius 2 is 2.24 bits per heavy atom. The molecule has 4 heterocycles. The lowest BCUT2D eigenvalue weighted by Crippen LogP contribution is -2.31. The van der Waals surface area contributed by atoms with Crippen molar-refractivity contribution in [2.24, 2.45) is 0 Å². The van der Waals surface area contributed by atoms with Gasteiger partial charge >= 0.3 is 0 Å². The third-order valence-corrected chi connectivity index (χ3v) is 4.85. The third-order valence-electron chi connectivity index (χ3n) is 4.85. The summed E-state index contributed by atoms with van der Waals surface area (Å²) in [7, 11) is 0. The first-order valence-corrected chi connectivity index (χ1v) is 8.49. The number of rotatable bonds is 5. The molecule has 3 N–H and O–H groups in total. The van der Waals surface area contributed by atoms with E-state index in [0.29, 0.717) is 18.1 Å². The molecular weight excluding hydrogens is 322 g/mol. The molecule has 1 aliphatic rings. The van der Waals surface area contributed by atoms with Crippen LogP contribution in [0.25, 0.3) is 22.6 Å². The largest absolute Gasteiger partial charge is 0.395 e. The van der Waals surface area contributed by atoms with E-state index in [4.69, 9.17) is 10.4 Å². The molecule has 9 nitrogen and oxygen atoms in total. The molecule has 1 aliphatic heterocycles. The van der Waals surface area contributed by atoms with Gasteiger partial charge in [0.25, 0.3) is 0 Å². The minimum absolute atomic E-state index is 0.183. The van der Waals surface area contributed by atoms with Gasteiger partial charge in [0.05, 0.1) is 18.3 Å². The zero-order valence-corrected chi connectivity index (χ0v) is 14.1. The molecule has 3 aromatic heterocycles. The highest BCUT2D eigenvalue weighted by Crippen LogP contribution is 2.29.